The van der Waals surface area contributed by atoms with Crippen LogP contribution in [0, 0.1) is 0 Å². The Morgan fingerprint density at radius 2 is 1.52 bits per heavy atom. The molecule has 5 nitrogen and oxygen atoms in total. The van der Waals surface area contributed by atoms with Gasteiger partial charge in [0.1, 0.15) is 5.75 Å². The van der Waals surface area contributed by atoms with E-state index in [0.29, 0.717) is 17.7 Å². The lowest BCUT2D eigenvalue weighted by Crippen LogP contribution is -2.21. The summed E-state index contributed by atoms with van der Waals surface area (Å²) in [5, 5.41) is 11.8. The first-order valence-corrected chi connectivity index (χ1v) is 8.49. The Kier molecular flexibility index (Phi) is 5.84. The number of hydrogen-bond donors (Lipinski definition) is 2. The third kappa shape index (κ3) is 5.19. The number of phenols is 1. The van der Waals surface area contributed by atoms with E-state index in [1.165, 1.54) is 12.1 Å². The predicted octanol–water partition coefficient (Wildman–Crippen LogP) is 3.78. The van der Waals surface area contributed by atoms with E-state index < -0.39 is 11.9 Å². The molecular formula is C22H19NO4. The van der Waals surface area contributed by atoms with Gasteiger partial charge < -0.3 is 15.2 Å². The molecule has 27 heavy (non-hydrogen) atoms. The number of ether oxygens (including phenoxy) is 1. The number of amides is 1. The molecule has 0 aromatic heterocycles. The number of esters is 1. The van der Waals surface area contributed by atoms with Crippen LogP contribution in [0.5, 0.6) is 5.75 Å². The molecule has 0 aliphatic rings. The molecule has 0 saturated heterocycles. The van der Waals surface area contributed by atoms with Crippen molar-refractivity contribution >= 4 is 17.6 Å². The largest absolute Gasteiger partial charge is 0.508 e. The van der Waals surface area contributed by atoms with Crippen LogP contribution >= 0.6 is 0 Å². The van der Waals surface area contributed by atoms with Crippen LogP contribution in [0.15, 0.2) is 78.9 Å². The molecule has 136 valence electrons. The second-order valence-corrected chi connectivity index (χ2v) is 5.99. The fraction of sp³-hybridized carbons (Fsp3) is 0.0909. The first kappa shape index (κ1) is 18.2. The summed E-state index contributed by atoms with van der Waals surface area (Å²) < 4.78 is 5.16. The maximum atomic E-state index is 12.4. The summed E-state index contributed by atoms with van der Waals surface area (Å²) in [6.45, 7) is -0.390. The van der Waals surface area contributed by atoms with Crippen LogP contribution < -0.4 is 5.32 Å². The number of nitrogens with one attached hydrogen (secondary N) is 1. The average Bonchev–Trinajstić information content (AvgIpc) is 2.69. The SMILES string of the molecule is O=C(COC(=O)c1ccccc1Cc1ccccc1)Nc1ccc(O)cc1. The van der Waals surface area contributed by atoms with E-state index in [-0.39, 0.29) is 12.4 Å². The van der Waals surface area contributed by atoms with Crippen molar-refractivity contribution in [3.8, 4) is 5.75 Å². The van der Waals surface area contributed by atoms with Gasteiger partial charge in [0.15, 0.2) is 6.61 Å². The van der Waals surface area contributed by atoms with Gasteiger partial charge in [-0.2, -0.15) is 0 Å². The number of benzene rings is 3. The van der Waals surface area contributed by atoms with E-state index in [1.54, 1.807) is 24.3 Å². The van der Waals surface area contributed by atoms with Gasteiger partial charge in [0, 0.05) is 5.69 Å². The number of phenolic OH excluding ortho intramolecular Hbond substituents is 1. The molecule has 0 bridgehead atoms. The highest BCUT2D eigenvalue weighted by Crippen LogP contribution is 2.16. The fourth-order valence-corrected chi connectivity index (χ4v) is 2.64. The maximum absolute atomic E-state index is 12.4. The normalized spacial score (nSPS) is 10.2. The standard InChI is InChI=1S/C22H19NO4/c24-19-12-10-18(11-13-19)23-21(25)15-27-22(26)20-9-5-4-8-17(20)14-16-6-2-1-3-7-16/h1-13,24H,14-15H2,(H,23,25). The molecule has 1 amide bonds. The first-order valence-electron chi connectivity index (χ1n) is 8.49. The highest BCUT2D eigenvalue weighted by molar-refractivity contribution is 5.96. The summed E-state index contributed by atoms with van der Waals surface area (Å²) >= 11 is 0. The van der Waals surface area contributed by atoms with Crippen molar-refractivity contribution in [2.24, 2.45) is 0 Å². The van der Waals surface area contributed by atoms with Crippen LogP contribution in [0.4, 0.5) is 5.69 Å². The fourth-order valence-electron chi connectivity index (χ4n) is 2.64. The molecule has 0 spiro atoms. The Bertz CT molecular complexity index is 921. The van der Waals surface area contributed by atoms with Gasteiger partial charge in [0.05, 0.1) is 5.56 Å². The Labute approximate surface area is 157 Å². The molecule has 0 heterocycles. The lowest BCUT2D eigenvalue weighted by atomic mass is 10.00. The van der Waals surface area contributed by atoms with Gasteiger partial charge in [-0.1, -0.05) is 48.5 Å². The lowest BCUT2D eigenvalue weighted by Gasteiger charge is -2.10. The predicted molar refractivity (Wildman–Crippen MR) is 103 cm³/mol. The average molecular weight is 361 g/mol. The van der Waals surface area contributed by atoms with E-state index in [2.05, 4.69) is 5.32 Å². The highest BCUT2D eigenvalue weighted by atomic mass is 16.5. The maximum Gasteiger partial charge on any atom is 0.338 e. The second-order valence-electron chi connectivity index (χ2n) is 5.99. The molecule has 0 unspecified atom stereocenters. The third-order valence-corrected chi connectivity index (χ3v) is 3.96. The van der Waals surface area contributed by atoms with Crippen LogP contribution in [0.3, 0.4) is 0 Å². The zero-order valence-corrected chi connectivity index (χ0v) is 14.6. The van der Waals surface area contributed by atoms with Gasteiger partial charge in [0.2, 0.25) is 0 Å². The Balaban J connectivity index is 1.61. The smallest absolute Gasteiger partial charge is 0.338 e. The van der Waals surface area contributed by atoms with Gasteiger partial charge >= 0.3 is 5.97 Å². The van der Waals surface area contributed by atoms with Crippen molar-refractivity contribution in [3.05, 3.63) is 95.6 Å². The summed E-state index contributed by atoms with van der Waals surface area (Å²) in [6, 6.07) is 23.1. The first-order chi connectivity index (χ1) is 13.1. The van der Waals surface area contributed by atoms with E-state index >= 15 is 0 Å². The molecule has 0 saturated carbocycles. The van der Waals surface area contributed by atoms with E-state index in [1.807, 2.05) is 42.5 Å². The lowest BCUT2D eigenvalue weighted by molar-refractivity contribution is -0.119. The van der Waals surface area contributed by atoms with Gasteiger partial charge in [-0.15, -0.1) is 0 Å². The molecule has 0 aliphatic carbocycles. The van der Waals surface area contributed by atoms with Crippen LogP contribution in [0.2, 0.25) is 0 Å². The topological polar surface area (TPSA) is 75.6 Å². The summed E-state index contributed by atoms with van der Waals surface area (Å²) in [4.78, 5) is 24.4. The zero-order valence-electron chi connectivity index (χ0n) is 14.6. The monoisotopic (exact) mass is 361 g/mol. The molecule has 3 aromatic rings. The van der Waals surface area contributed by atoms with E-state index in [0.717, 1.165) is 11.1 Å². The number of anilines is 1. The van der Waals surface area contributed by atoms with Crippen molar-refractivity contribution in [1.29, 1.82) is 0 Å². The molecule has 5 heteroatoms. The minimum absolute atomic E-state index is 0.106. The minimum atomic E-state index is -0.539. The molecule has 3 aromatic carbocycles. The van der Waals surface area contributed by atoms with E-state index in [9.17, 15) is 14.7 Å². The quantitative estimate of drug-likeness (QED) is 0.517. The van der Waals surface area contributed by atoms with Gasteiger partial charge in [-0.25, -0.2) is 4.79 Å². The summed E-state index contributed by atoms with van der Waals surface area (Å²) in [6.07, 6.45) is 0.603. The van der Waals surface area contributed by atoms with Gasteiger partial charge in [-0.05, 0) is 47.9 Å². The van der Waals surface area contributed by atoms with Crippen molar-refractivity contribution in [1.82, 2.24) is 0 Å². The second kappa shape index (κ2) is 8.67. The number of aromatic hydroxyl groups is 1. The van der Waals surface area contributed by atoms with Crippen molar-refractivity contribution in [3.63, 3.8) is 0 Å². The Morgan fingerprint density at radius 1 is 0.852 bits per heavy atom. The van der Waals surface area contributed by atoms with Gasteiger partial charge in [-0.3, -0.25) is 4.79 Å². The van der Waals surface area contributed by atoms with Crippen LogP contribution in [-0.2, 0) is 16.0 Å². The summed E-state index contributed by atoms with van der Waals surface area (Å²) in [5.41, 5.74) is 2.88. The molecule has 0 fully saturated rings. The number of hydrogen-bond acceptors (Lipinski definition) is 4. The summed E-state index contributed by atoms with van der Waals surface area (Å²) in [5.74, 6) is -0.883. The number of rotatable bonds is 6. The molecular weight excluding hydrogens is 342 g/mol. The van der Waals surface area contributed by atoms with Gasteiger partial charge in [0.25, 0.3) is 5.91 Å². The highest BCUT2D eigenvalue weighted by Gasteiger charge is 2.14. The summed E-state index contributed by atoms with van der Waals surface area (Å²) in [7, 11) is 0. The number of carbonyl (C=O) groups is 2. The zero-order chi connectivity index (χ0) is 19.1. The Hall–Kier alpha value is -3.60. The Morgan fingerprint density at radius 3 is 2.26 bits per heavy atom. The van der Waals surface area contributed by atoms with Crippen LogP contribution in [0.1, 0.15) is 21.5 Å². The van der Waals surface area contributed by atoms with Crippen LogP contribution in [-0.4, -0.2) is 23.6 Å². The molecule has 2 N–H and O–H groups in total. The van der Waals surface area contributed by atoms with E-state index in [4.69, 9.17) is 4.74 Å². The molecule has 0 atom stereocenters. The molecule has 3 rings (SSSR count). The van der Waals surface area contributed by atoms with Crippen molar-refractivity contribution in [2.75, 3.05) is 11.9 Å². The van der Waals surface area contributed by atoms with Crippen LogP contribution in [0.25, 0.3) is 0 Å². The van der Waals surface area contributed by atoms with Crippen molar-refractivity contribution < 1.29 is 19.4 Å². The molecule has 0 aliphatic heterocycles. The third-order valence-electron chi connectivity index (χ3n) is 3.96. The minimum Gasteiger partial charge on any atom is -0.508 e. The van der Waals surface area contributed by atoms with Crippen molar-refractivity contribution in [2.45, 2.75) is 6.42 Å². The molecule has 0 radical (unpaired) electrons. The number of carbonyl (C=O) groups excluding carboxylic acids is 2.